The van der Waals surface area contributed by atoms with Crippen LogP contribution in [0.15, 0.2) is 40.8 Å². The molecule has 9 heteroatoms. The summed E-state index contributed by atoms with van der Waals surface area (Å²) in [5.41, 5.74) is -0.124. The standard InChI is InChI=1S/C15H13N3O5S/c1-9-2-4-11(23-9)5-7-14(20)17-15(24)16-12-6-3-10(18(21)22)8-13(12)19/h2-8,19H,1H3,(H2,16,17,20,24). The summed E-state index contributed by atoms with van der Waals surface area (Å²) >= 11 is 4.95. The van der Waals surface area contributed by atoms with E-state index in [9.17, 15) is 20.0 Å². The molecule has 1 aromatic heterocycles. The normalized spacial score (nSPS) is 10.5. The summed E-state index contributed by atoms with van der Waals surface area (Å²) in [6, 6.07) is 6.94. The minimum absolute atomic E-state index is 0.0653. The Balaban J connectivity index is 1.94. The minimum Gasteiger partial charge on any atom is -0.506 e. The predicted octanol–water partition coefficient (Wildman–Crippen LogP) is 2.73. The monoisotopic (exact) mass is 347 g/mol. The first-order valence-corrected chi connectivity index (χ1v) is 7.10. The van der Waals surface area contributed by atoms with Crippen molar-refractivity contribution < 1.29 is 19.2 Å². The Bertz CT molecular complexity index is 828. The molecule has 0 aliphatic heterocycles. The number of aryl methyl sites for hydroxylation is 1. The number of hydrogen-bond donors (Lipinski definition) is 3. The lowest BCUT2D eigenvalue weighted by molar-refractivity contribution is -0.384. The molecule has 1 aromatic carbocycles. The average Bonchev–Trinajstić information content (AvgIpc) is 2.92. The van der Waals surface area contributed by atoms with E-state index in [-0.39, 0.29) is 22.2 Å². The zero-order valence-corrected chi connectivity index (χ0v) is 13.3. The van der Waals surface area contributed by atoms with Crippen LogP contribution >= 0.6 is 12.2 Å². The highest BCUT2D eigenvalue weighted by molar-refractivity contribution is 7.80. The van der Waals surface area contributed by atoms with Crippen molar-refractivity contribution in [2.75, 3.05) is 5.32 Å². The van der Waals surface area contributed by atoms with Crippen LogP contribution in [-0.2, 0) is 4.79 Å². The maximum Gasteiger partial charge on any atom is 0.273 e. The van der Waals surface area contributed by atoms with E-state index in [1.54, 1.807) is 19.1 Å². The van der Waals surface area contributed by atoms with Crippen molar-refractivity contribution >= 4 is 40.7 Å². The number of nitro groups is 1. The third-order valence-corrected chi connectivity index (χ3v) is 3.04. The molecule has 0 aliphatic carbocycles. The largest absolute Gasteiger partial charge is 0.506 e. The number of carbonyl (C=O) groups excluding carboxylic acids is 1. The van der Waals surface area contributed by atoms with Gasteiger partial charge in [-0.2, -0.15) is 0 Å². The van der Waals surface area contributed by atoms with Crippen molar-refractivity contribution in [2.24, 2.45) is 0 Å². The molecule has 0 aliphatic rings. The molecule has 3 N–H and O–H groups in total. The van der Waals surface area contributed by atoms with Gasteiger partial charge in [0.1, 0.15) is 17.3 Å². The number of anilines is 1. The molecule has 1 amide bonds. The SMILES string of the molecule is Cc1ccc(C=CC(=O)NC(=S)Nc2ccc([N+](=O)[O-])cc2O)o1. The first-order chi connectivity index (χ1) is 11.3. The first-order valence-electron chi connectivity index (χ1n) is 6.69. The Labute approximate surface area is 141 Å². The van der Waals surface area contributed by atoms with E-state index in [1.165, 1.54) is 24.3 Å². The number of nitrogens with one attached hydrogen (secondary N) is 2. The van der Waals surface area contributed by atoms with E-state index in [2.05, 4.69) is 10.6 Å². The number of rotatable bonds is 4. The van der Waals surface area contributed by atoms with Gasteiger partial charge < -0.3 is 14.8 Å². The third-order valence-electron chi connectivity index (χ3n) is 2.84. The molecule has 0 unspecified atom stereocenters. The van der Waals surface area contributed by atoms with Crippen molar-refractivity contribution in [3.8, 4) is 5.75 Å². The zero-order valence-electron chi connectivity index (χ0n) is 12.5. The van der Waals surface area contributed by atoms with Crippen molar-refractivity contribution in [2.45, 2.75) is 6.92 Å². The summed E-state index contributed by atoms with van der Waals surface area (Å²) in [7, 11) is 0. The highest BCUT2D eigenvalue weighted by atomic mass is 32.1. The summed E-state index contributed by atoms with van der Waals surface area (Å²) in [6.07, 6.45) is 2.72. The highest BCUT2D eigenvalue weighted by Crippen LogP contribution is 2.27. The number of furan rings is 1. The fraction of sp³-hybridized carbons (Fsp3) is 0.0667. The van der Waals surface area contributed by atoms with Gasteiger partial charge in [-0.1, -0.05) is 0 Å². The number of phenols is 1. The Hall–Kier alpha value is -3.20. The van der Waals surface area contributed by atoms with Crippen LogP contribution in [0, 0.1) is 17.0 Å². The van der Waals surface area contributed by atoms with Crippen LogP contribution in [0.25, 0.3) is 6.08 Å². The van der Waals surface area contributed by atoms with Gasteiger partial charge in [0.05, 0.1) is 16.7 Å². The molecule has 124 valence electrons. The second kappa shape index (κ2) is 7.38. The van der Waals surface area contributed by atoms with Gasteiger partial charge in [0, 0.05) is 12.1 Å². The molecule has 1 heterocycles. The number of nitro benzene ring substituents is 1. The van der Waals surface area contributed by atoms with Gasteiger partial charge in [-0.25, -0.2) is 0 Å². The molecule has 8 nitrogen and oxygen atoms in total. The Morgan fingerprint density at radius 2 is 2.12 bits per heavy atom. The lowest BCUT2D eigenvalue weighted by atomic mass is 10.2. The lowest BCUT2D eigenvalue weighted by Crippen LogP contribution is -2.32. The quantitative estimate of drug-likeness (QED) is 0.256. The third kappa shape index (κ3) is 4.65. The molecule has 0 atom stereocenters. The van der Waals surface area contributed by atoms with Crippen LogP contribution in [0.5, 0.6) is 5.75 Å². The van der Waals surface area contributed by atoms with Crippen molar-refractivity contribution in [1.82, 2.24) is 5.32 Å². The Morgan fingerprint density at radius 3 is 2.71 bits per heavy atom. The Kier molecular flexibility index (Phi) is 5.27. The van der Waals surface area contributed by atoms with E-state index >= 15 is 0 Å². The van der Waals surface area contributed by atoms with E-state index in [0.717, 1.165) is 11.8 Å². The van der Waals surface area contributed by atoms with Gasteiger partial charge in [0.25, 0.3) is 5.69 Å². The number of phenolic OH excluding ortho intramolecular Hbond substituents is 1. The second-order valence-corrected chi connectivity index (χ2v) is 5.09. The molecule has 0 saturated carbocycles. The van der Waals surface area contributed by atoms with Gasteiger partial charge in [0.2, 0.25) is 5.91 Å². The summed E-state index contributed by atoms with van der Waals surface area (Å²) in [4.78, 5) is 21.7. The van der Waals surface area contributed by atoms with Crippen molar-refractivity contribution in [1.29, 1.82) is 0 Å². The molecular formula is C15H13N3O5S. The van der Waals surface area contributed by atoms with Crippen LogP contribution in [0.3, 0.4) is 0 Å². The number of nitrogens with zero attached hydrogens (tertiary/aromatic N) is 1. The summed E-state index contributed by atoms with van der Waals surface area (Å²) in [6.45, 7) is 1.78. The Morgan fingerprint density at radius 1 is 1.38 bits per heavy atom. The molecule has 0 radical (unpaired) electrons. The average molecular weight is 347 g/mol. The minimum atomic E-state index is -0.634. The molecule has 0 bridgehead atoms. The van der Waals surface area contributed by atoms with Crippen LogP contribution in [-0.4, -0.2) is 21.0 Å². The van der Waals surface area contributed by atoms with E-state index in [1.807, 2.05) is 0 Å². The highest BCUT2D eigenvalue weighted by Gasteiger charge is 2.11. The number of thiocarbonyl (C=S) groups is 1. The molecule has 2 aromatic rings. The summed E-state index contributed by atoms with van der Waals surface area (Å²) < 4.78 is 5.28. The lowest BCUT2D eigenvalue weighted by Gasteiger charge is -2.09. The van der Waals surface area contributed by atoms with E-state index < -0.39 is 10.8 Å². The molecule has 0 fully saturated rings. The summed E-state index contributed by atoms with van der Waals surface area (Å²) in [5, 5.41) is 25.2. The number of aromatic hydroxyl groups is 1. The van der Waals surface area contributed by atoms with Gasteiger partial charge in [-0.15, -0.1) is 0 Å². The molecule has 0 spiro atoms. The fourth-order valence-electron chi connectivity index (χ4n) is 1.75. The fourth-order valence-corrected chi connectivity index (χ4v) is 1.96. The smallest absolute Gasteiger partial charge is 0.273 e. The number of amides is 1. The van der Waals surface area contributed by atoms with Crippen LogP contribution in [0.2, 0.25) is 0 Å². The van der Waals surface area contributed by atoms with Crippen molar-refractivity contribution in [3.63, 3.8) is 0 Å². The van der Waals surface area contributed by atoms with E-state index in [0.29, 0.717) is 5.76 Å². The predicted molar refractivity (Wildman–Crippen MR) is 91.6 cm³/mol. The van der Waals surface area contributed by atoms with Gasteiger partial charge >= 0.3 is 0 Å². The molecule has 24 heavy (non-hydrogen) atoms. The topological polar surface area (TPSA) is 118 Å². The van der Waals surface area contributed by atoms with Gasteiger partial charge in [-0.3, -0.25) is 20.2 Å². The van der Waals surface area contributed by atoms with Gasteiger partial charge in [0.15, 0.2) is 5.11 Å². The summed E-state index contributed by atoms with van der Waals surface area (Å²) in [5.74, 6) is 0.390. The number of carbonyl (C=O) groups is 1. The van der Waals surface area contributed by atoms with E-state index in [4.69, 9.17) is 16.6 Å². The molecule has 2 rings (SSSR count). The zero-order chi connectivity index (χ0) is 17.7. The number of non-ortho nitro benzene ring substituents is 1. The van der Waals surface area contributed by atoms with Crippen LogP contribution in [0.1, 0.15) is 11.5 Å². The number of hydrogen-bond acceptors (Lipinski definition) is 6. The maximum atomic E-state index is 11.7. The number of benzene rings is 1. The van der Waals surface area contributed by atoms with Crippen LogP contribution < -0.4 is 10.6 Å². The first kappa shape index (κ1) is 17.2. The van der Waals surface area contributed by atoms with Crippen molar-refractivity contribution in [3.05, 3.63) is 58.0 Å². The second-order valence-electron chi connectivity index (χ2n) is 4.68. The van der Waals surface area contributed by atoms with Crippen LogP contribution in [0.4, 0.5) is 11.4 Å². The van der Waals surface area contributed by atoms with Gasteiger partial charge in [-0.05, 0) is 43.4 Å². The molecule has 0 saturated heterocycles. The maximum absolute atomic E-state index is 11.7. The molecular weight excluding hydrogens is 334 g/mol.